The summed E-state index contributed by atoms with van der Waals surface area (Å²) in [6.45, 7) is 2.43. The molecule has 2 N–H and O–H groups in total. The monoisotopic (exact) mass is 349 g/mol. The molecule has 1 atom stereocenters. The molecule has 2 aliphatic heterocycles. The maximum Gasteiger partial charge on any atom is 0.251 e. The third-order valence-electron chi connectivity index (χ3n) is 4.83. The number of nitrogens with one attached hydrogen (secondary N) is 2. The van der Waals surface area contributed by atoms with Crippen molar-refractivity contribution in [3.8, 4) is 0 Å². The van der Waals surface area contributed by atoms with Gasteiger partial charge in [0.05, 0.1) is 11.4 Å². The van der Waals surface area contributed by atoms with Crippen molar-refractivity contribution in [3.05, 3.63) is 59.2 Å². The smallest absolute Gasteiger partial charge is 0.251 e. The van der Waals surface area contributed by atoms with Gasteiger partial charge in [0.1, 0.15) is 6.04 Å². The minimum atomic E-state index is -0.434. The molecule has 132 valence electrons. The van der Waals surface area contributed by atoms with Crippen LogP contribution in [0, 0.1) is 6.92 Å². The Morgan fingerprint density at radius 1 is 1.23 bits per heavy atom. The summed E-state index contributed by atoms with van der Waals surface area (Å²) in [7, 11) is 0. The predicted molar refractivity (Wildman–Crippen MR) is 97.9 cm³/mol. The van der Waals surface area contributed by atoms with Gasteiger partial charge in [-0.05, 0) is 37.1 Å². The maximum atomic E-state index is 12.5. The van der Waals surface area contributed by atoms with Crippen LogP contribution in [0.1, 0.15) is 34.3 Å². The molecule has 2 aromatic carbocycles. The van der Waals surface area contributed by atoms with Crippen molar-refractivity contribution in [1.82, 2.24) is 5.32 Å². The zero-order valence-corrected chi connectivity index (χ0v) is 14.4. The molecule has 6 nitrogen and oxygen atoms in total. The van der Waals surface area contributed by atoms with Crippen molar-refractivity contribution in [2.45, 2.75) is 32.4 Å². The zero-order valence-electron chi connectivity index (χ0n) is 14.4. The number of rotatable bonds is 3. The van der Waals surface area contributed by atoms with Crippen LogP contribution in [0.15, 0.2) is 42.5 Å². The Bertz CT molecular complexity index is 922. The standard InChI is InChI=1S/C20H19N3O3/c1-12-3-2-4-13(9-12)11-21-19(25)14-5-6-16-15(10-14)22-20(26)17-7-8-18(24)23(16)17/h2-6,9-10,17H,7-8,11H2,1H3,(H,21,25)(H,22,26). The van der Waals surface area contributed by atoms with Gasteiger partial charge in [-0.25, -0.2) is 0 Å². The van der Waals surface area contributed by atoms with E-state index in [4.69, 9.17) is 0 Å². The molecule has 6 heteroatoms. The maximum absolute atomic E-state index is 12.5. The highest BCUT2D eigenvalue weighted by molar-refractivity contribution is 6.14. The van der Waals surface area contributed by atoms with E-state index in [1.54, 1.807) is 23.1 Å². The van der Waals surface area contributed by atoms with E-state index >= 15 is 0 Å². The van der Waals surface area contributed by atoms with Gasteiger partial charge in [0, 0.05) is 18.5 Å². The fraction of sp³-hybridized carbons (Fsp3) is 0.250. The third-order valence-corrected chi connectivity index (χ3v) is 4.83. The topological polar surface area (TPSA) is 78.5 Å². The lowest BCUT2D eigenvalue weighted by atomic mass is 10.1. The Labute approximate surface area is 151 Å². The van der Waals surface area contributed by atoms with Crippen molar-refractivity contribution < 1.29 is 14.4 Å². The molecular formula is C20H19N3O3. The zero-order chi connectivity index (χ0) is 18.3. The molecule has 0 aromatic heterocycles. The number of anilines is 2. The average molecular weight is 349 g/mol. The number of fused-ring (bicyclic) bond motifs is 3. The first-order chi connectivity index (χ1) is 12.5. The number of carbonyl (C=O) groups is 3. The van der Waals surface area contributed by atoms with Gasteiger partial charge in [-0.1, -0.05) is 29.8 Å². The quantitative estimate of drug-likeness (QED) is 0.893. The third kappa shape index (κ3) is 2.83. The molecule has 2 aromatic rings. The van der Waals surface area contributed by atoms with Crippen molar-refractivity contribution in [1.29, 1.82) is 0 Å². The highest BCUT2D eigenvalue weighted by atomic mass is 16.2. The first-order valence-electron chi connectivity index (χ1n) is 8.63. The van der Waals surface area contributed by atoms with Crippen LogP contribution in [0.2, 0.25) is 0 Å². The van der Waals surface area contributed by atoms with E-state index < -0.39 is 6.04 Å². The van der Waals surface area contributed by atoms with Gasteiger partial charge in [-0.2, -0.15) is 0 Å². The lowest BCUT2D eigenvalue weighted by Gasteiger charge is -2.31. The van der Waals surface area contributed by atoms with E-state index in [1.807, 2.05) is 31.2 Å². The molecule has 1 fully saturated rings. The van der Waals surface area contributed by atoms with Crippen LogP contribution in [-0.4, -0.2) is 23.8 Å². The number of hydrogen-bond acceptors (Lipinski definition) is 3. The van der Waals surface area contributed by atoms with Gasteiger partial charge in [0.15, 0.2) is 0 Å². The summed E-state index contributed by atoms with van der Waals surface area (Å²) < 4.78 is 0. The minimum Gasteiger partial charge on any atom is -0.348 e. The van der Waals surface area contributed by atoms with E-state index in [9.17, 15) is 14.4 Å². The van der Waals surface area contributed by atoms with Crippen LogP contribution in [-0.2, 0) is 16.1 Å². The number of carbonyl (C=O) groups excluding carboxylic acids is 3. The van der Waals surface area contributed by atoms with Crippen LogP contribution < -0.4 is 15.5 Å². The molecule has 4 rings (SSSR count). The van der Waals surface area contributed by atoms with Crippen molar-refractivity contribution in [2.75, 3.05) is 10.2 Å². The molecule has 0 aliphatic carbocycles. The summed E-state index contributed by atoms with van der Waals surface area (Å²) in [5.74, 6) is -0.471. The number of aryl methyl sites for hydroxylation is 1. The van der Waals surface area contributed by atoms with Crippen LogP contribution in [0.25, 0.3) is 0 Å². The molecule has 3 amide bonds. The largest absolute Gasteiger partial charge is 0.348 e. The average Bonchev–Trinajstić information content (AvgIpc) is 3.02. The molecule has 0 radical (unpaired) electrons. The molecule has 1 saturated heterocycles. The van der Waals surface area contributed by atoms with E-state index in [0.29, 0.717) is 36.3 Å². The summed E-state index contributed by atoms with van der Waals surface area (Å²) in [5.41, 5.74) is 3.77. The number of benzene rings is 2. The van der Waals surface area contributed by atoms with Crippen molar-refractivity contribution >= 4 is 29.1 Å². The SMILES string of the molecule is Cc1cccc(CNC(=O)c2ccc3c(c2)NC(=O)C2CCC(=O)N32)c1. The van der Waals surface area contributed by atoms with Crippen LogP contribution >= 0.6 is 0 Å². The summed E-state index contributed by atoms with van der Waals surface area (Å²) in [6, 6.07) is 12.5. The molecule has 0 bridgehead atoms. The second-order valence-electron chi connectivity index (χ2n) is 6.71. The Morgan fingerprint density at radius 3 is 2.88 bits per heavy atom. The van der Waals surface area contributed by atoms with Gasteiger partial charge in [0.25, 0.3) is 5.91 Å². The van der Waals surface area contributed by atoms with Gasteiger partial charge in [0.2, 0.25) is 11.8 Å². The summed E-state index contributed by atoms with van der Waals surface area (Å²) in [5, 5.41) is 5.70. The van der Waals surface area contributed by atoms with E-state index in [-0.39, 0.29) is 17.7 Å². The Kier molecular flexibility index (Phi) is 3.95. The molecule has 0 spiro atoms. The van der Waals surface area contributed by atoms with E-state index in [1.165, 1.54) is 0 Å². The summed E-state index contributed by atoms with van der Waals surface area (Å²) in [6.07, 6.45) is 0.902. The van der Waals surface area contributed by atoms with E-state index in [2.05, 4.69) is 10.6 Å². The fourth-order valence-electron chi connectivity index (χ4n) is 3.54. The van der Waals surface area contributed by atoms with Crippen LogP contribution in [0.5, 0.6) is 0 Å². The van der Waals surface area contributed by atoms with Gasteiger partial charge >= 0.3 is 0 Å². The lowest BCUT2D eigenvalue weighted by Crippen LogP contribution is -2.45. The molecule has 1 unspecified atom stereocenters. The Morgan fingerprint density at radius 2 is 2.08 bits per heavy atom. The molecular weight excluding hydrogens is 330 g/mol. The Balaban J connectivity index is 1.53. The minimum absolute atomic E-state index is 0.0530. The molecule has 2 aliphatic rings. The summed E-state index contributed by atoms with van der Waals surface area (Å²) >= 11 is 0. The second-order valence-corrected chi connectivity index (χ2v) is 6.71. The van der Waals surface area contributed by atoms with Crippen LogP contribution in [0.3, 0.4) is 0 Å². The Hall–Kier alpha value is -3.15. The lowest BCUT2D eigenvalue weighted by molar-refractivity contribution is -0.120. The highest BCUT2D eigenvalue weighted by Gasteiger charge is 2.41. The number of hydrogen-bond donors (Lipinski definition) is 2. The van der Waals surface area contributed by atoms with Crippen molar-refractivity contribution in [2.24, 2.45) is 0 Å². The summed E-state index contributed by atoms with van der Waals surface area (Å²) in [4.78, 5) is 38.3. The second kappa shape index (κ2) is 6.29. The van der Waals surface area contributed by atoms with Gasteiger partial charge < -0.3 is 10.6 Å². The molecule has 0 saturated carbocycles. The van der Waals surface area contributed by atoms with Gasteiger partial charge in [-0.15, -0.1) is 0 Å². The normalized spacial score (nSPS) is 18.2. The number of amides is 3. The van der Waals surface area contributed by atoms with Crippen molar-refractivity contribution in [3.63, 3.8) is 0 Å². The highest BCUT2D eigenvalue weighted by Crippen LogP contribution is 2.37. The van der Waals surface area contributed by atoms with Crippen LogP contribution in [0.4, 0.5) is 11.4 Å². The fourth-order valence-corrected chi connectivity index (χ4v) is 3.54. The first-order valence-corrected chi connectivity index (χ1v) is 8.63. The number of nitrogens with zero attached hydrogens (tertiary/aromatic N) is 1. The molecule has 2 heterocycles. The predicted octanol–water partition coefficient (Wildman–Crippen LogP) is 2.37. The first kappa shape index (κ1) is 16.3. The molecule has 26 heavy (non-hydrogen) atoms. The van der Waals surface area contributed by atoms with E-state index in [0.717, 1.165) is 11.1 Å². The van der Waals surface area contributed by atoms with Gasteiger partial charge in [-0.3, -0.25) is 19.3 Å².